The molecule has 7 nitrogen and oxygen atoms in total. The molecule has 30 heavy (non-hydrogen) atoms. The van der Waals surface area contributed by atoms with E-state index < -0.39 is 0 Å². The number of carbonyl (C=O) groups excluding carboxylic acids is 2. The first-order chi connectivity index (χ1) is 14.5. The summed E-state index contributed by atoms with van der Waals surface area (Å²) < 4.78 is 5.43. The number of hydrogen-bond donors (Lipinski definition) is 2. The van der Waals surface area contributed by atoms with Gasteiger partial charge in [0.1, 0.15) is 5.82 Å². The number of fused-ring (bicyclic) bond motifs is 1. The van der Waals surface area contributed by atoms with E-state index in [0.717, 1.165) is 42.7 Å². The number of pyridine rings is 1. The number of aromatic nitrogens is 1. The Kier molecular flexibility index (Phi) is 5.99. The lowest BCUT2D eigenvalue weighted by Crippen LogP contribution is -2.44. The molecule has 7 heteroatoms. The highest BCUT2D eigenvalue weighted by Gasteiger charge is 2.29. The summed E-state index contributed by atoms with van der Waals surface area (Å²) in [6, 6.07) is 7.97. The maximum Gasteiger partial charge on any atom is 0.253 e. The third-order valence-electron chi connectivity index (χ3n) is 5.85. The molecule has 4 rings (SSSR count). The van der Waals surface area contributed by atoms with Gasteiger partial charge in [-0.25, -0.2) is 4.98 Å². The van der Waals surface area contributed by atoms with E-state index in [1.807, 2.05) is 13.8 Å². The average Bonchev–Trinajstić information content (AvgIpc) is 2.76. The second-order valence-electron chi connectivity index (χ2n) is 8.12. The second-order valence-corrected chi connectivity index (χ2v) is 8.12. The number of anilines is 2. The standard InChI is InChI=1S/C23H28N4O3/c1-15-3-4-16(2)18(9-15)11-26-23(29)19-10-20-22(24-12-19)25-13-21(28)27(20)14-17-5-7-30-8-6-17/h3-4,9-10,12,17H,5-8,11,13-14H2,1-2H3,(H,24,25)(H,26,29). The molecule has 2 amide bonds. The fraction of sp³-hybridized carbons (Fsp3) is 0.435. The third-order valence-corrected chi connectivity index (χ3v) is 5.85. The molecule has 1 aromatic heterocycles. The lowest BCUT2D eigenvalue weighted by atomic mass is 9.99. The molecule has 1 saturated heterocycles. The van der Waals surface area contributed by atoms with Gasteiger partial charge in [0.2, 0.25) is 5.91 Å². The molecule has 2 aliphatic heterocycles. The predicted molar refractivity (Wildman–Crippen MR) is 116 cm³/mol. The maximum absolute atomic E-state index is 12.8. The van der Waals surface area contributed by atoms with Crippen molar-refractivity contribution >= 4 is 23.3 Å². The Labute approximate surface area is 176 Å². The number of benzene rings is 1. The topological polar surface area (TPSA) is 83.6 Å². The van der Waals surface area contributed by atoms with Gasteiger partial charge in [0.05, 0.1) is 17.8 Å². The zero-order valence-corrected chi connectivity index (χ0v) is 17.5. The summed E-state index contributed by atoms with van der Waals surface area (Å²) in [4.78, 5) is 31.6. The first-order valence-corrected chi connectivity index (χ1v) is 10.5. The first kappa shape index (κ1) is 20.3. The Balaban J connectivity index is 1.50. The largest absolute Gasteiger partial charge is 0.381 e. The van der Waals surface area contributed by atoms with E-state index >= 15 is 0 Å². The molecule has 0 aliphatic carbocycles. The number of nitrogens with zero attached hydrogens (tertiary/aromatic N) is 2. The number of aryl methyl sites for hydroxylation is 2. The van der Waals surface area contributed by atoms with Crippen LogP contribution in [0.2, 0.25) is 0 Å². The Morgan fingerprint density at radius 1 is 1.27 bits per heavy atom. The van der Waals surface area contributed by atoms with Crippen LogP contribution >= 0.6 is 0 Å². The fourth-order valence-electron chi connectivity index (χ4n) is 3.96. The number of rotatable bonds is 5. The van der Waals surface area contributed by atoms with Crippen molar-refractivity contribution in [2.75, 3.05) is 36.5 Å². The summed E-state index contributed by atoms with van der Waals surface area (Å²) in [5.41, 5.74) is 4.52. The number of nitrogens with one attached hydrogen (secondary N) is 2. The molecular formula is C23H28N4O3. The molecule has 0 saturated carbocycles. The van der Waals surface area contributed by atoms with Crippen molar-refractivity contribution in [2.24, 2.45) is 5.92 Å². The molecule has 0 unspecified atom stereocenters. The van der Waals surface area contributed by atoms with Crippen molar-refractivity contribution in [2.45, 2.75) is 33.2 Å². The average molecular weight is 409 g/mol. The van der Waals surface area contributed by atoms with Crippen LogP contribution in [0.25, 0.3) is 0 Å². The highest BCUT2D eigenvalue weighted by Crippen LogP contribution is 2.30. The van der Waals surface area contributed by atoms with E-state index in [-0.39, 0.29) is 18.4 Å². The van der Waals surface area contributed by atoms with Crippen LogP contribution in [0.15, 0.2) is 30.5 Å². The van der Waals surface area contributed by atoms with Crippen molar-refractivity contribution in [1.29, 1.82) is 0 Å². The number of ether oxygens (including phenoxy) is 1. The zero-order valence-electron chi connectivity index (χ0n) is 17.5. The van der Waals surface area contributed by atoms with Crippen LogP contribution < -0.4 is 15.5 Å². The van der Waals surface area contributed by atoms with Crippen LogP contribution in [0.3, 0.4) is 0 Å². The van der Waals surface area contributed by atoms with E-state index in [0.29, 0.717) is 36.1 Å². The van der Waals surface area contributed by atoms with Crippen molar-refractivity contribution in [3.63, 3.8) is 0 Å². The van der Waals surface area contributed by atoms with E-state index in [1.54, 1.807) is 17.2 Å². The van der Waals surface area contributed by atoms with Crippen molar-refractivity contribution in [1.82, 2.24) is 10.3 Å². The fourth-order valence-corrected chi connectivity index (χ4v) is 3.96. The Bertz CT molecular complexity index is 953. The number of carbonyl (C=O) groups is 2. The van der Waals surface area contributed by atoms with E-state index in [1.165, 1.54) is 0 Å². The summed E-state index contributed by atoms with van der Waals surface area (Å²) in [6.45, 7) is 6.84. The van der Waals surface area contributed by atoms with Gasteiger partial charge in [-0.1, -0.05) is 23.8 Å². The predicted octanol–water partition coefficient (Wildman–Crippen LogP) is 2.81. The quantitative estimate of drug-likeness (QED) is 0.795. The van der Waals surface area contributed by atoms with Gasteiger partial charge in [-0.15, -0.1) is 0 Å². The molecule has 2 aliphatic rings. The van der Waals surface area contributed by atoms with Crippen molar-refractivity contribution in [3.05, 3.63) is 52.7 Å². The summed E-state index contributed by atoms with van der Waals surface area (Å²) in [7, 11) is 0. The van der Waals surface area contributed by atoms with Crippen molar-refractivity contribution < 1.29 is 14.3 Å². The molecule has 0 radical (unpaired) electrons. The minimum absolute atomic E-state index is 0.00346. The summed E-state index contributed by atoms with van der Waals surface area (Å²) >= 11 is 0. The lowest BCUT2D eigenvalue weighted by Gasteiger charge is -2.33. The van der Waals surface area contributed by atoms with Crippen LogP contribution in [0.1, 0.15) is 39.9 Å². The Morgan fingerprint density at radius 3 is 2.87 bits per heavy atom. The van der Waals surface area contributed by atoms with Gasteiger partial charge in [0, 0.05) is 32.5 Å². The smallest absolute Gasteiger partial charge is 0.253 e. The van der Waals surface area contributed by atoms with Gasteiger partial charge in [0.15, 0.2) is 0 Å². The second kappa shape index (κ2) is 8.83. The number of hydrogen-bond acceptors (Lipinski definition) is 5. The van der Waals surface area contributed by atoms with E-state index in [9.17, 15) is 9.59 Å². The summed E-state index contributed by atoms with van der Waals surface area (Å²) in [6.07, 6.45) is 3.44. The zero-order chi connectivity index (χ0) is 21.1. The van der Waals surface area contributed by atoms with E-state index in [4.69, 9.17) is 4.74 Å². The molecule has 1 fully saturated rings. The third kappa shape index (κ3) is 4.46. The van der Waals surface area contributed by atoms with Crippen molar-refractivity contribution in [3.8, 4) is 0 Å². The molecule has 1 aromatic carbocycles. The monoisotopic (exact) mass is 408 g/mol. The molecule has 0 bridgehead atoms. The summed E-state index contributed by atoms with van der Waals surface area (Å²) in [5.74, 6) is 0.849. The van der Waals surface area contributed by atoms with Gasteiger partial charge in [-0.2, -0.15) is 0 Å². The Morgan fingerprint density at radius 2 is 2.07 bits per heavy atom. The van der Waals surface area contributed by atoms with Crippen LogP contribution in [0, 0.1) is 19.8 Å². The van der Waals surface area contributed by atoms with Crippen LogP contribution in [-0.4, -0.2) is 43.1 Å². The number of amides is 2. The summed E-state index contributed by atoms with van der Waals surface area (Å²) in [5, 5.41) is 6.04. The molecule has 2 N–H and O–H groups in total. The van der Waals surface area contributed by atoms with Gasteiger partial charge >= 0.3 is 0 Å². The highest BCUT2D eigenvalue weighted by molar-refractivity contribution is 6.04. The molecule has 0 spiro atoms. The first-order valence-electron chi connectivity index (χ1n) is 10.5. The molecular weight excluding hydrogens is 380 g/mol. The van der Waals surface area contributed by atoms with Crippen LogP contribution in [0.4, 0.5) is 11.5 Å². The maximum atomic E-state index is 12.8. The van der Waals surface area contributed by atoms with Gasteiger partial charge < -0.3 is 20.3 Å². The van der Waals surface area contributed by atoms with Gasteiger partial charge in [-0.05, 0) is 49.8 Å². The molecule has 2 aromatic rings. The highest BCUT2D eigenvalue weighted by atomic mass is 16.5. The SMILES string of the molecule is Cc1ccc(C)c(CNC(=O)c2cnc3c(c2)N(CC2CCOCC2)C(=O)CN3)c1. The molecule has 3 heterocycles. The normalized spacial score (nSPS) is 16.7. The molecule has 0 atom stereocenters. The van der Waals surface area contributed by atoms with Crippen LogP contribution in [0.5, 0.6) is 0 Å². The lowest BCUT2D eigenvalue weighted by molar-refractivity contribution is -0.117. The Hall–Kier alpha value is -2.93. The molecule has 158 valence electrons. The van der Waals surface area contributed by atoms with E-state index in [2.05, 4.69) is 33.8 Å². The van der Waals surface area contributed by atoms with Gasteiger partial charge in [-0.3, -0.25) is 9.59 Å². The minimum Gasteiger partial charge on any atom is -0.381 e. The van der Waals surface area contributed by atoms with Crippen LogP contribution in [-0.2, 0) is 16.1 Å². The minimum atomic E-state index is -0.199. The van der Waals surface area contributed by atoms with Gasteiger partial charge in [0.25, 0.3) is 5.91 Å².